The Balaban J connectivity index is 2.00. The second-order valence-corrected chi connectivity index (χ2v) is 5.18. The molecule has 2 aromatic rings. The molecule has 1 aliphatic rings. The van der Waals surface area contributed by atoms with Crippen LogP contribution in [0.1, 0.15) is 28.4 Å². The predicted molar refractivity (Wildman–Crippen MR) is 81.6 cm³/mol. The first-order valence-corrected chi connectivity index (χ1v) is 7.01. The number of rotatable bonds is 3. The molecule has 0 saturated carbocycles. The topological polar surface area (TPSA) is 85.2 Å². The van der Waals surface area contributed by atoms with Gasteiger partial charge in [0.1, 0.15) is 40.4 Å². The van der Waals surface area contributed by atoms with Gasteiger partial charge in [0, 0.05) is 23.8 Å². The molecule has 23 heavy (non-hydrogen) atoms. The van der Waals surface area contributed by atoms with E-state index in [0.717, 1.165) is 0 Å². The second kappa shape index (κ2) is 5.72. The average Bonchev–Trinajstić information content (AvgIpc) is 2.53. The molecule has 2 aromatic carbocycles. The van der Waals surface area contributed by atoms with Gasteiger partial charge in [0.05, 0.1) is 20.6 Å². The molecule has 120 valence electrons. The summed E-state index contributed by atoms with van der Waals surface area (Å²) in [5, 5.41) is 20.1. The van der Waals surface area contributed by atoms with Gasteiger partial charge in [-0.25, -0.2) is 0 Å². The molecule has 0 spiro atoms. The van der Waals surface area contributed by atoms with E-state index in [0.29, 0.717) is 17.1 Å². The molecule has 6 heteroatoms. The van der Waals surface area contributed by atoms with Crippen molar-refractivity contribution < 1.29 is 29.2 Å². The molecule has 0 amide bonds. The van der Waals surface area contributed by atoms with Crippen LogP contribution in [0.15, 0.2) is 30.3 Å². The first-order chi connectivity index (χ1) is 11.0. The minimum absolute atomic E-state index is 0.0160. The third-order valence-corrected chi connectivity index (χ3v) is 3.79. The molecule has 2 N–H and O–H groups in total. The molecule has 1 heterocycles. The Morgan fingerprint density at radius 3 is 2.39 bits per heavy atom. The SMILES string of the molecule is COc1ccc([C@@H]2CC(=O)c3c(O)cc(OC)cc3O2)c(O)c1. The number of Topliss-reactive ketones (excluding diaryl/α,β-unsaturated/α-hetero) is 1. The Hall–Kier alpha value is -2.89. The van der Waals surface area contributed by atoms with Crippen molar-refractivity contribution in [2.24, 2.45) is 0 Å². The quantitative estimate of drug-likeness (QED) is 0.905. The fourth-order valence-corrected chi connectivity index (χ4v) is 2.63. The Morgan fingerprint density at radius 2 is 1.74 bits per heavy atom. The molecule has 0 bridgehead atoms. The molecule has 6 nitrogen and oxygen atoms in total. The van der Waals surface area contributed by atoms with Crippen LogP contribution in [0.25, 0.3) is 0 Å². The Bertz CT molecular complexity index is 768. The van der Waals surface area contributed by atoms with E-state index in [-0.39, 0.29) is 35.0 Å². The summed E-state index contributed by atoms with van der Waals surface area (Å²) in [4.78, 5) is 12.3. The summed E-state index contributed by atoms with van der Waals surface area (Å²) in [7, 11) is 2.96. The van der Waals surface area contributed by atoms with Crippen molar-refractivity contribution in [3.8, 4) is 28.7 Å². The van der Waals surface area contributed by atoms with Crippen molar-refractivity contribution in [3.63, 3.8) is 0 Å². The smallest absolute Gasteiger partial charge is 0.174 e. The summed E-state index contributed by atoms with van der Waals surface area (Å²) in [5.41, 5.74) is 0.613. The fraction of sp³-hybridized carbons (Fsp3) is 0.235. The molecule has 1 atom stereocenters. The molecule has 0 radical (unpaired) electrons. The number of carbonyl (C=O) groups is 1. The lowest BCUT2D eigenvalue weighted by molar-refractivity contribution is 0.0842. The van der Waals surface area contributed by atoms with Crippen LogP contribution in [-0.4, -0.2) is 30.2 Å². The van der Waals surface area contributed by atoms with Gasteiger partial charge in [0.2, 0.25) is 0 Å². The second-order valence-electron chi connectivity index (χ2n) is 5.18. The van der Waals surface area contributed by atoms with Gasteiger partial charge in [0.25, 0.3) is 0 Å². The molecule has 0 unspecified atom stereocenters. The van der Waals surface area contributed by atoms with Crippen LogP contribution < -0.4 is 14.2 Å². The van der Waals surface area contributed by atoms with Crippen molar-refractivity contribution in [1.29, 1.82) is 0 Å². The molecule has 3 rings (SSSR count). The van der Waals surface area contributed by atoms with Gasteiger partial charge < -0.3 is 24.4 Å². The number of fused-ring (bicyclic) bond motifs is 1. The number of phenols is 2. The number of ether oxygens (including phenoxy) is 3. The predicted octanol–water partition coefficient (Wildman–Crippen LogP) is 2.82. The van der Waals surface area contributed by atoms with Crippen molar-refractivity contribution in [3.05, 3.63) is 41.5 Å². The minimum Gasteiger partial charge on any atom is -0.507 e. The van der Waals surface area contributed by atoms with E-state index < -0.39 is 6.10 Å². The van der Waals surface area contributed by atoms with E-state index in [1.807, 2.05) is 0 Å². The molecular weight excluding hydrogens is 300 g/mol. The number of methoxy groups -OCH3 is 2. The third kappa shape index (κ3) is 2.63. The number of aromatic hydroxyl groups is 2. The molecule has 0 aromatic heterocycles. The maximum Gasteiger partial charge on any atom is 0.174 e. The van der Waals surface area contributed by atoms with Gasteiger partial charge in [-0.1, -0.05) is 0 Å². The zero-order valence-corrected chi connectivity index (χ0v) is 12.7. The summed E-state index contributed by atoms with van der Waals surface area (Å²) in [6.07, 6.45) is -0.625. The zero-order valence-electron chi connectivity index (χ0n) is 12.7. The van der Waals surface area contributed by atoms with Crippen molar-refractivity contribution in [2.75, 3.05) is 14.2 Å². The van der Waals surface area contributed by atoms with Crippen LogP contribution in [0.5, 0.6) is 28.7 Å². The Kier molecular flexibility index (Phi) is 3.73. The molecule has 1 aliphatic heterocycles. The maximum atomic E-state index is 12.3. The number of hydrogen-bond donors (Lipinski definition) is 2. The number of carbonyl (C=O) groups excluding carboxylic acids is 1. The van der Waals surface area contributed by atoms with Gasteiger partial charge in [-0.3, -0.25) is 4.79 Å². The third-order valence-electron chi connectivity index (χ3n) is 3.79. The van der Waals surface area contributed by atoms with Gasteiger partial charge in [0.15, 0.2) is 5.78 Å². The summed E-state index contributed by atoms with van der Waals surface area (Å²) in [6.45, 7) is 0. The van der Waals surface area contributed by atoms with Crippen LogP contribution in [0, 0.1) is 0 Å². The van der Waals surface area contributed by atoms with Crippen LogP contribution >= 0.6 is 0 Å². The fourth-order valence-electron chi connectivity index (χ4n) is 2.63. The normalized spacial score (nSPS) is 16.4. The number of phenolic OH excluding ortho intramolecular Hbond substituents is 2. The highest BCUT2D eigenvalue weighted by molar-refractivity contribution is 6.02. The van der Waals surface area contributed by atoms with Gasteiger partial charge >= 0.3 is 0 Å². The monoisotopic (exact) mass is 316 g/mol. The van der Waals surface area contributed by atoms with Crippen LogP contribution in [-0.2, 0) is 0 Å². The summed E-state index contributed by atoms with van der Waals surface area (Å²) < 4.78 is 15.9. The van der Waals surface area contributed by atoms with E-state index in [1.54, 1.807) is 18.2 Å². The van der Waals surface area contributed by atoms with Gasteiger partial charge in [-0.05, 0) is 12.1 Å². The van der Waals surface area contributed by atoms with Crippen molar-refractivity contribution in [1.82, 2.24) is 0 Å². The molecule has 0 fully saturated rings. The minimum atomic E-state index is -0.646. The molecule has 0 saturated heterocycles. The zero-order chi connectivity index (χ0) is 16.6. The van der Waals surface area contributed by atoms with Crippen LogP contribution in [0.4, 0.5) is 0 Å². The molecular formula is C17H16O6. The van der Waals surface area contributed by atoms with Crippen LogP contribution in [0.3, 0.4) is 0 Å². The average molecular weight is 316 g/mol. The number of hydrogen-bond acceptors (Lipinski definition) is 6. The van der Waals surface area contributed by atoms with Crippen molar-refractivity contribution >= 4 is 5.78 Å². The van der Waals surface area contributed by atoms with Crippen molar-refractivity contribution in [2.45, 2.75) is 12.5 Å². The highest BCUT2D eigenvalue weighted by Crippen LogP contribution is 2.43. The molecule has 0 aliphatic carbocycles. The highest BCUT2D eigenvalue weighted by Gasteiger charge is 2.32. The van der Waals surface area contributed by atoms with Gasteiger partial charge in [-0.2, -0.15) is 0 Å². The first kappa shape index (κ1) is 15.0. The van der Waals surface area contributed by atoms with E-state index in [9.17, 15) is 15.0 Å². The maximum absolute atomic E-state index is 12.3. The lowest BCUT2D eigenvalue weighted by Gasteiger charge is -2.27. The van der Waals surface area contributed by atoms with Crippen LogP contribution in [0.2, 0.25) is 0 Å². The first-order valence-electron chi connectivity index (χ1n) is 7.01. The van der Waals surface area contributed by atoms with E-state index in [4.69, 9.17) is 14.2 Å². The van der Waals surface area contributed by atoms with E-state index in [2.05, 4.69) is 0 Å². The largest absolute Gasteiger partial charge is 0.507 e. The summed E-state index contributed by atoms with van der Waals surface area (Å²) >= 11 is 0. The van der Waals surface area contributed by atoms with E-state index in [1.165, 1.54) is 26.4 Å². The number of benzene rings is 2. The standard InChI is InChI=1S/C17H16O6/c1-21-9-3-4-11(12(18)5-9)15-8-14(20)17-13(19)6-10(22-2)7-16(17)23-15/h3-7,15,18-19H,8H2,1-2H3/t15-/m0/s1. The van der Waals surface area contributed by atoms with Gasteiger partial charge in [-0.15, -0.1) is 0 Å². The Labute approximate surface area is 132 Å². The Morgan fingerprint density at radius 1 is 1.04 bits per heavy atom. The summed E-state index contributed by atoms with van der Waals surface area (Å²) in [6, 6.07) is 7.70. The van der Waals surface area contributed by atoms with E-state index >= 15 is 0 Å². The lowest BCUT2D eigenvalue weighted by Crippen LogP contribution is -2.20. The summed E-state index contributed by atoms with van der Waals surface area (Å²) in [5.74, 6) is 0.672. The number of ketones is 1. The highest BCUT2D eigenvalue weighted by atomic mass is 16.5. The lowest BCUT2D eigenvalue weighted by atomic mass is 9.95.